The van der Waals surface area contributed by atoms with Gasteiger partial charge in [0.25, 0.3) is 0 Å². The third kappa shape index (κ3) is 3.73. The summed E-state index contributed by atoms with van der Waals surface area (Å²) >= 11 is 0. The molecule has 0 aromatic heterocycles. The molecule has 0 bridgehead atoms. The molecule has 0 spiro atoms. The van der Waals surface area contributed by atoms with Crippen LogP contribution in [0.2, 0.25) is 0 Å². The Morgan fingerprint density at radius 2 is 1.55 bits per heavy atom. The summed E-state index contributed by atoms with van der Waals surface area (Å²) in [6.07, 6.45) is 6.94. The largest absolute Gasteiger partial charge is 0.369 e. The van der Waals surface area contributed by atoms with Crippen LogP contribution in [0.25, 0.3) is 0 Å². The Bertz CT molecular complexity index is 87.6. The molecule has 1 fully saturated rings. The van der Waals surface area contributed by atoms with Crippen molar-refractivity contribution >= 4 is 0 Å². The van der Waals surface area contributed by atoms with E-state index in [4.69, 9.17) is 4.74 Å². The molecule has 66 valence electrons. The smallest absolute Gasteiger partial charge is 0.0986 e. The number of nitrogens with zero attached hydrogens (tertiary/aromatic N) is 1. The number of rotatable bonds is 2. The standard InChI is InChI=1S/C9H19NO/c1-11-9-10-7-5-3-2-4-6-8-10/h2-9H2,1H3. The van der Waals surface area contributed by atoms with Gasteiger partial charge in [-0.25, -0.2) is 0 Å². The Labute approximate surface area is 69.5 Å². The van der Waals surface area contributed by atoms with Gasteiger partial charge in [-0.1, -0.05) is 19.3 Å². The molecule has 1 aliphatic rings. The molecular weight excluding hydrogens is 138 g/mol. The zero-order chi connectivity index (χ0) is 7.94. The quantitative estimate of drug-likeness (QED) is 0.606. The third-order valence-corrected chi connectivity index (χ3v) is 2.26. The van der Waals surface area contributed by atoms with Crippen molar-refractivity contribution < 1.29 is 4.74 Å². The zero-order valence-electron chi connectivity index (χ0n) is 7.51. The Morgan fingerprint density at radius 1 is 1.00 bits per heavy atom. The first-order chi connectivity index (χ1) is 5.43. The van der Waals surface area contributed by atoms with Crippen LogP contribution >= 0.6 is 0 Å². The van der Waals surface area contributed by atoms with Crippen molar-refractivity contribution in [2.45, 2.75) is 32.1 Å². The number of hydrogen-bond donors (Lipinski definition) is 0. The van der Waals surface area contributed by atoms with Crippen LogP contribution in [-0.2, 0) is 4.74 Å². The van der Waals surface area contributed by atoms with Gasteiger partial charge in [-0.15, -0.1) is 0 Å². The molecule has 0 unspecified atom stereocenters. The van der Waals surface area contributed by atoms with Gasteiger partial charge in [0.05, 0.1) is 6.73 Å². The lowest BCUT2D eigenvalue weighted by molar-refractivity contribution is 0.0579. The Balaban J connectivity index is 2.15. The highest BCUT2D eigenvalue weighted by Crippen LogP contribution is 2.09. The summed E-state index contributed by atoms with van der Waals surface area (Å²) < 4.78 is 5.10. The number of likely N-dealkylation sites (tertiary alicyclic amines) is 1. The molecule has 2 nitrogen and oxygen atoms in total. The lowest BCUT2D eigenvalue weighted by Crippen LogP contribution is -2.29. The van der Waals surface area contributed by atoms with E-state index in [-0.39, 0.29) is 0 Å². The van der Waals surface area contributed by atoms with Crippen LogP contribution in [0.5, 0.6) is 0 Å². The van der Waals surface area contributed by atoms with Crippen LogP contribution in [0.1, 0.15) is 32.1 Å². The summed E-state index contributed by atoms with van der Waals surface area (Å²) in [5.41, 5.74) is 0. The van der Waals surface area contributed by atoms with Gasteiger partial charge in [-0.3, -0.25) is 4.90 Å². The fourth-order valence-electron chi connectivity index (χ4n) is 1.62. The number of hydrogen-bond acceptors (Lipinski definition) is 2. The van der Waals surface area contributed by atoms with E-state index in [1.54, 1.807) is 7.11 Å². The zero-order valence-corrected chi connectivity index (χ0v) is 7.51. The Morgan fingerprint density at radius 3 is 2.09 bits per heavy atom. The van der Waals surface area contributed by atoms with Crippen molar-refractivity contribution in [2.75, 3.05) is 26.9 Å². The fourth-order valence-corrected chi connectivity index (χ4v) is 1.62. The van der Waals surface area contributed by atoms with Crippen LogP contribution in [0.15, 0.2) is 0 Å². The summed E-state index contributed by atoms with van der Waals surface area (Å²) in [5.74, 6) is 0. The normalized spacial score (nSPS) is 22.6. The van der Waals surface area contributed by atoms with Crippen LogP contribution in [0.4, 0.5) is 0 Å². The second kappa shape index (κ2) is 5.56. The maximum Gasteiger partial charge on any atom is 0.0986 e. The average Bonchev–Trinajstić information content (AvgIpc) is 1.94. The molecule has 1 saturated heterocycles. The molecule has 0 amide bonds. The minimum absolute atomic E-state index is 0.819. The van der Waals surface area contributed by atoms with Crippen molar-refractivity contribution in [2.24, 2.45) is 0 Å². The van der Waals surface area contributed by atoms with Gasteiger partial charge in [-0.2, -0.15) is 0 Å². The van der Waals surface area contributed by atoms with Gasteiger partial charge >= 0.3 is 0 Å². The Hall–Kier alpha value is -0.0800. The van der Waals surface area contributed by atoms with Gasteiger partial charge in [-0.05, 0) is 12.8 Å². The fraction of sp³-hybridized carbons (Fsp3) is 1.00. The lowest BCUT2D eigenvalue weighted by Gasteiger charge is -2.23. The molecule has 0 aromatic rings. The van der Waals surface area contributed by atoms with Crippen LogP contribution in [0, 0.1) is 0 Å². The van der Waals surface area contributed by atoms with E-state index in [9.17, 15) is 0 Å². The van der Waals surface area contributed by atoms with E-state index >= 15 is 0 Å². The highest BCUT2D eigenvalue weighted by molar-refractivity contribution is 4.58. The summed E-state index contributed by atoms with van der Waals surface area (Å²) in [6.45, 7) is 3.28. The lowest BCUT2D eigenvalue weighted by atomic mass is 10.1. The molecule has 0 N–H and O–H groups in total. The van der Waals surface area contributed by atoms with Crippen molar-refractivity contribution in [3.05, 3.63) is 0 Å². The third-order valence-electron chi connectivity index (χ3n) is 2.26. The molecule has 1 rings (SSSR count). The Kier molecular flexibility index (Phi) is 4.55. The second-order valence-corrected chi connectivity index (χ2v) is 3.30. The summed E-state index contributed by atoms with van der Waals surface area (Å²) in [5, 5.41) is 0. The van der Waals surface area contributed by atoms with Crippen molar-refractivity contribution in [3.8, 4) is 0 Å². The highest BCUT2D eigenvalue weighted by atomic mass is 16.5. The van der Waals surface area contributed by atoms with Gasteiger partial charge < -0.3 is 4.74 Å². The van der Waals surface area contributed by atoms with Gasteiger partial charge in [0, 0.05) is 20.2 Å². The molecule has 0 aromatic carbocycles. The minimum Gasteiger partial charge on any atom is -0.369 e. The molecular formula is C9H19NO. The van der Waals surface area contributed by atoms with Crippen molar-refractivity contribution in [1.29, 1.82) is 0 Å². The molecule has 2 heteroatoms. The van der Waals surface area contributed by atoms with Gasteiger partial charge in [0.15, 0.2) is 0 Å². The van der Waals surface area contributed by atoms with E-state index in [1.165, 1.54) is 45.2 Å². The van der Waals surface area contributed by atoms with E-state index in [0.717, 1.165) is 6.73 Å². The van der Waals surface area contributed by atoms with Crippen LogP contribution in [0.3, 0.4) is 0 Å². The maximum atomic E-state index is 5.10. The number of ether oxygens (including phenoxy) is 1. The molecule has 1 heterocycles. The minimum atomic E-state index is 0.819. The molecule has 0 atom stereocenters. The summed E-state index contributed by atoms with van der Waals surface area (Å²) in [6, 6.07) is 0. The van der Waals surface area contributed by atoms with Gasteiger partial charge in [0.1, 0.15) is 0 Å². The first kappa shape index (κ1) is 9.01. The SMILES string of the molecule is COCN1CCCCCCC1. The van der Waals surface area contributed by atoms with Crippen LogP contribution in [-0.4, -0.2) is 31.8 Å². The maximum absolute atomic E-state index is 5.10. The van der Waals surface area contributed by atoms with Crippen molar-refractivity contribution in [1.82, 2.24) is 4.90 Å². The molecule has 1 aliphatic heterocycles. The first-order valence-corrected chi connectivity index (χ1v) is 4.65. The molecule has 0 aliphatic carbocycles. The molecule has 11 heavy (non-hydrogen) atoms. The first-order valence-electron chi connectivity index (χ1n) is 4.65. The van der Waals surface area contributed by atoms with Gasteiger partial charge in [0.2, 0.25) is 0 Å². The van der Waals surface area contributed by atoms with E-state index in [2.05, 4.69) is 4.90 Å². The predicted molar refractivity (Wildman–Crippen MR) is 46.5 cm³/mol. The predicted octanol–water partition coefficient (Wildman–Crippen LogP) is 1.86. The van der Waals surface area contributed by atoms with E-state index in [0.29, 0.717) is 0 Å². The average molecular weight is 157 g/mol. The molecule has 0 saturated carbocycles. The summed E-state index contributed by atoms with van der Waals surface area (Å²) in [4.78, 5) is 2.40. The van der Waals surface area contributed by atoms with Crippen molar-refractivity contribution in [3.63, 3.8) is 0 Å². The van der Waals surface area contributed by atoms with E-state index < -0.39 is 0 Å². The topological polar surface area (TPSA) is 12.5 Å². The number of methoxy groups -OCH3 is 1. The molecule has 0 radical (unpaired) electrons. The van der Waals surface area contributed by atoms with E-state index in [1.807, 2.05) is 0 Å². The summed E-state index contributed by atoms with van der Waals surface area (Å²) in [7, 11) is 1.78. The highest BCUT2D eigenvalue weighted by Gasteiger charge is 2.06. The van der Waals surface area contributed by atoms with Crippen LogP contribution < -0.4 is 0 Å². The second-order valence-electron chi connectivity index (χ2n) is 3.30. The monoisotopic (exact) mass is 157 g/mol.